The Balaban J connectivity index is 1.52. The first-order valence-electron chi connectivity index (χ1n) is 13.0. The summed E-state index contributed by atoms with van der Waals surface area (Å²) in [5.74, 6) is -0.982. The lowest BCUT2D eigenvalue weighted by atomic mass is 9.93. The molecule has 1 aliphatic rings. The summed E-state index contributed by atoms with van der Waals surface area (Å²) in [6.45, 7) is 1.20. The van der Waals surface area contributed by atoms with Crippen molar-refractivity contribution in [1.29, 1.82) is 0 Å². The van der Waals surface area contributed by atoms with Gasteiger partial charge in [-0.3, -0.25) is 19.3 Å². The third kappa shape index (κ3) is 5.47. The number of hydrogen-bond donors (Lipinski definition) is 1. The predicted octanol–water partition coefficient (Wildman–Crippen LogP) is 4.06. The molecule has 1 N–H and O–H groups in total. The molecule has 1 saturated heterocycles. The van der Waals surface area contributed by atoms with Crippen LogP contribution in [0.15, 0.2) is 89.7 Å². The maximum Gasteiger partial charge on any atom is 0.254 e. The van der Waals surface area contributed by atoms with Gasteiger partial charge in [-0.25, -0.2) is 4.39 Å². The van der Waals surface area contributed by atoms with Gasteiger partial charge in [-0.05, 0) is 17.2 Å². The number of benzene rings is 3. The summed E-state index contributed by atoms with van der Waals surface area (Å²) in [5, 5.41) is 0.356. The summed E-state index contributed by atoms with van der Waals surface area (Å²) in [5.41, 5.74) is 1.83. The lowest BCUT2D eigenvalue weighted by Crippen LogP contribution is -2.57. The minimum absolute atomic E-state index is 0.0135. The highest BCUT2D eigenvalue weighted by Gasteiger charge is 2.37. The first-order valence-corrected chi connectivity index (χ1v) is 13.0. The number of rotatable bonds is 6. The Kier molecular flexibility index (Phi) is 7.56. The number of H-pyrrole nitrogens is 1. The van der Waals surface area contributed by atoms with Crippen molar-refractivity contribution in [2.75, 3.05) is 33.7 Å². The van der Waals surface area contributed by atoms with Crippen LogP contribution in [0.3, 0.4) is 0 Å². The Morgan fingerprint density at radius 2 is 1.59 bits per heavy atom. The smallest absolute Gasteiger partial charge is 0.254 e. The fourth-order valence-electron chi connectivity index (χ4n) is 5.40. The highest BCUT2D eigenvalue weighted by atomic mass is 19.1. The number of nitrogens with zero attached hydrogens (tertiary/aromatic N) is 3. The van der Waals surface area contributed by atoms with E-state index in [-0.39, 0.29) is 47.9 Å². The summed E-state index contributed by atoms with van der Waals surface area (Å²) in [4.78, 5) is 47.1. The zero-order valence-electron chi connectivity index (χ0n) is 22.0. The Morgan fingerprint density at radius 3 is 2.21 bits per heavy atom. The molecule has 7 nitrogen and oxygen atoms in total. The molecule has 2 amide bonds. The van der Waals surface area contributed by atoms with E-state index in [2.05, 4.69) is 34.1 Å². The zero-order valence-corrected chi connectivity index (χ0v) is 22.0. The Bertz CT molecular complexity index is 1500. The number of hydrogen-bond acceptors (Lipinski definition) is 4. The van der Waals surface area contributed by atoms with E-state index in [4.69, 9.17) is 0 Å². The van der Waals surface area contributed by atoms with Crippen molar-refractivity contribution >= 4 is 22.7 Å². The molecule has 3 aromatic carbocycles. The van der Waals surface area contributed by atoms with Crippen LogP contribution < -0.4 is 5.56 Å². The first-order chi connectivity index (χ1) is 18.8. The summed E-state index contributed by atoms with van der Waals surface area (Å²) < 4.78 is 14.5. The maximum absolute atomic E-state index is 14.5. The molecule has 0 spiro atoms. The third-order valence-electron chi connectivity index (χ3n) is 7.34. The van der Waals surface area contributed by atoms with Gasteiger partial charge in [0.1, 0.15) is 5.82 Å². The number of carbonyl (C=O) groups is 2. The van der Waals surface area contributed by atoms with Gasteiger partial charge in [-0.15, -0.1) is 0 Å². The molecule has 39 heavy (non-hydrogen) atoms. The second-order valence-electron chi connectivity index (χ2n) is 10.1. The van der Waals surface area contributed by atoms with Crippen molar-refractivity contribution in [1.82, 2.24) is 19.7 Å². The molecule has 2 heterocycles. The highest BCUT2D eigenvalue weighted by Crippen LogP contribution is 2.33. The molecular formula is C31H31FN4O3. The van der Waals surface area contributed by atoms with Crippen LogP contribution in [-0.2, 0) is 4.79 Å². The summed E-state index contributed by atoms with van der Waals surface area (Å²) in [7, 11) is 3.45. The van der Waals surface area contributed by atoms with Gasteiger partial charge in [0.2, 0.25) is 11.5 Å². The molecule has 8 heteroatoms. The second-order valence-corrected chi connectivity index (χ2v) is 10.1. The van der Waals surface area contributed by atoms with Gasteiger partial charge in [-0.1, -0.05) is 72.8 Å². The predicted molar refractivity (Wildman–Crippen MR) is 149 cm³/mol. The van der Waals surface area contributed by atoms with Gasteiger partial charge in [-0.2, -0.15) is 0 Å². The van der Waals surface area contributed by atoms with Crippen molar-refractivity contribution in [3.05, 3.63) is 118 Å². The molecular weight excluding hydrogens is 495 g/mol. The largest absolute Gasteiger partial charge is 0.349 e. The fourth-order valence-corrected chi connectivity index (χ4v) is 5.40. The number of piperazine rings is 1. The molecule has 0 bridgehead atoms. The molecule has 0 aliphatic carbocycles. The molecule has 1 atom stereocenters. The number of pyridine rings is 1. The normalized spacial score (nSPS) is 16.0. The number of carbonyl (C=O) groups excluding carboxylic acids is 2. The molecule has 200 valence electrons. The van der Waals surface area contributed by atoms with Gasteiger partial charge in [0.05, 0.1) is 17.1 Å². The number of aromatic amines is 1. The van der Waals surface area contributed by atoms with Crippen LogP contribution in [0.2, 0.25) is 0 Å². The van der Waals surface area contributed by atoms with Gasteiger partial charge < -0.3 is 14.8 Å². The minimum Gasteiger partial charge on any atom is -0.349 e. The quantitative estimate of drug-likeness (QED) is 0.411. The Hall–Kier alpha value is -4.30. The molecule has 0 radical (unpaired) electrons. The van der Waals surface area contributed by atoms with E-state index in [0.29, 0.717) is 18.5 Å². The van der Waals surface area contributed by atoms with Crippen molar-refractivity contribution in [2.24, 2.45) is 0 Å². The number of fused-ring (bicyclic) bond motifs is 1. The maximum atomic E-state index is 14.5. The van der Waals surface area contributed by atoms with Gasteiger partial charge in [0, 0.05) is 57.6 Å². The number of nitrogens with one attached hydrogen (secondary N) is 1. The topological polar surface area (TPSA) is 76.7 Å². The minimum atomic E-state index is -0.591. The average Bonchev–Trinajstić information content (AvgIpc) is 2.95. The van der Waals surface area contributed by atoms with E-state index in [1.54, 1.807) is 30.0 Å². The van der Waals surface area contributed by atoms with Crippen LogP contribution in [0.4, 0.5) is 4.39 Å². The molecule has 0 unspecified atom stereocenters. The molecule has 0 saturated carbocycles. The molecule has 1 aliphatic heterocycles. The Labute approximate surface area is 226 Å². The van der Waals surface area contributed by atoms with E-state index in [0.717, 1.165) is 11.1 Å². The first kappa shape index (κ1) is 26.3. The second kappa shape index (κ2) is 11.2. The number of amides is 2. The van der Waals surface area contributed by atoms with Crippen LogP contribution in [0, 0.1) is 5.82 Å². The van der Waals surface area contributed by atoms with Crippen molar-refractivity contribution < 1.29 is 14.0 Å². The summed E-state index contributed by atoms with van der Waals surface area (Å²) in [6.07, 6.45) is 0.220. The van der Waals surface area contributed by atoms with Crippen LogP contribution in [-0.4, -0.2) is 71.3 Å². The van der Waals surface area contributed by atoms with E-state index in [9.17, 15) is 18.8 Å². The Morgan fingerprint density at radius 1 is 0.949 bits per heavy atom. The fraction of sp³-hybridized carbons (Fsp3) is 0.258. The number of para-hydroxylation sites is 1. The summed E-state index contributed by atoms with van der Waals surface area (Å²) >= 11 is 0. The summed E-state index contributed by atoms with van der Waals surface area (Å²) in [6, 6.07) is 25.5. The van der Waals surface area contributed by atoms with E-state index in [1.807, 2.05) is 36.4 Å². The zero-order chi connectivity index (χ0) is 27.5. The van der Waals surface area contributed by atoms with Crippen LogP contribution in [0.25, 0.3) is 10.9 Å². The molecule has 5 rings (SSSR count). The monoisotopic (exact) mass is 526 g/mol. The van der Waals surface area contributed by atoms with Crippen molar-refractivity contribution in [3.63, 3.8) is 0 Å². The lowest BCUT2D eigenvalue weighted by molar-refractivity contribution is -0.130. The van der Waals surface area contributed by atoms with Crippen molar-refractivity contribution in [2.45, 2.75) is 18.5 Å². The van der Waals surface area contributed by atoms with Crippen molar-refractivity contribution in [3.8, 4) is 0 Å². The van der Waals surface area contributed by atoms with Gasteiger partial charge in [0.25, 0.3) is 5.91 Å². The number of aromatic nitrogens is 1. The average molecular weight is 527 g/mol. The molecule has 4 aromatic rings. The standard InChI is InChI=1S/C31H31FN4O3/c1-34(2)28(38)18-23-20-35(31(39)25-19-27(37)33-29-24(25)14-9-15-26(29)32)16-17-36(23)30(21-10-5-3-6-11-21)22-12-7-4-8-13-22/h3-15,19,23,30H,16-18,20H2,1-2H3,(H,33,37)/t23-/m1/s1. The third-order valence-corrected chi connectivity index (χ3v) is 7.34. The number of halogens is 1. The van der Waals surface area contributed by atoms with Crippen LogP contribution in [0.1, 0.15) is 33.9 Å². The molecule has 1 fully saturated rings. The molecule has 1 aromatic heterocycles. The van der Waals surface area contributed by atoms with Crippen LogP contribution >= 0.6 is 0 Å². The van der Waals surface area contributed by atoms with E-state index in [1.165, 1.54) is 18.2 Å². The SMILES string of the molecule is CN(C)C(=O)C[C@@H]1CN(C(=O)c2cc(=O)[nH]c3c(F)cccc23)CCN1C(c1ccccc1)c1ccccc1. The van der Waals surface area contributed by atoms with Gasteiger partial charge in [0.15, 0.2) is 0 Å². The van der Waals surface area contributed by atoms with E-state index >= 15 is 0 Å². The van der Waals surface area contributed by atoms with E-state index < -0.39 is 11.4 Å². The van der Waals surface area contributed by atoms with Crippen LogP contribution in [0.5, 0.6) is 0 Å². The van der Waals surface area contributed by atoms with Gasteiger partial charge >= 0.3 is 0 Å². The highest BCUT2D eigenvalue weighted by molar-refractivity contribution is 6.06. The lowest BCUT2D eigenvalue weighted by Gasteiger charge is -2.45.